The quantitative estimate of drug-likeness (QED) is 0.682. The first kappa shape index (κ1) is 18.3. The number of carbonyl (C=O) groups is 3. The maximum Gasteiger partial charge on any atom is 0.249 e. The van der Waals surface area contributed by atoms with Gasteiger partial charge in [0.1, 0.15) is 6.04 Å². The van der Waals surface area contributed by atoms with Gasteiger partial charge in [-0.15, -0.1) is 0 Å². The number of amides is 3. The van der Waals surface area contributed by atoms with Gasteiger partial charge in [-0.2, -0.15) is 0 Å². The number of carbonyl (C=O) groups excluding carboxylic acids is 3. The number of benzene rings is 1. The fourth-order valence-electron chi connectivity index (χ4n) is 5.62. The molecule has 6 rings (SSSR count). The van der Waals surface area contributed by atoms with Crippen LogP contribution in [0.25, 0.3) is 0 Å². The molecule has 4 heterocycles. The van der Waals surface area contributed by atoms with E-state index in [9.17, 15) is 14.4 Å². The van der Waals surface area contributed by atoms with Gasteiger partial charge in [0.2, 0.25) is 17.7 Å². The van der Waals surface area contributed by atoms with E-state index >= 15 is 0 Å². The minimum Gasteiger partial charge on any atom is -0.369 e. The first-order valence-electron chi connectivity index (χ1n) is 11.1. The number of piperidine rings is 1. The van der Waals surface area contributed by atoms with Crippen molar-refractivity contribution >= 4 is 29.1 Å². The fourth-order valence-corrected chi connectivity index (χ4v) is 5.62. The van der Waals surface area contributed by atoms with Crippen molar-refractivity contribution in [2.75, 3.05) is 49.1 Å². The molecular formula is C22H27N5O3. The molecule has 158 valence electrons. The Hall–Kier alpha value is -2.45. The van der Waals surface area contributed by atoms with Crippen LogP contribution >= 0.6 is 0 Å². The number of rotatable bonds is 3. The molecule has 8 heteroatoms. The average Bonchev–Trinajstić information content (AvgIpc) is 3.46. The second kappa shape index (κ2) is 6.52. The van der Waals surface area contributed by atoms with E-state index in [1.165, 1.54) is 0 Å². The van der Waals surface area contributed by atoms with Gasteiger partial charge in [-0.05, 0) is 31.4 Å². The van der Waals surface area contributed by atoms with E-state index in [0.717, 1.165) is 69.0 Å². The number of imide groups is 1. The van der Waals surface area contributed by atoms with E-state index in [4.69, 9.17) is 0 Å². The Morgan fingerprint density at radius 3 is 2.33 bits per heavy atom. The van der Waals surface area contributed by atoms with Gasteiger partial charge >= 0.3 is 0 Å². The molecule has 2 N–H and O–H groups in total. The maximum atomic E-state index is 13.5. The second-order valence-electron chi connectivity index (χ2n) is 9.23. The van der Waals surface area contributed by atoms with Crippen molar-refractivity contribution in [2.45, 2.75) is 43.2 Å². The summed E-state index contributed by atoms with van der Waals surface area (Å²) in [7, 11) is 0. The van der Waals surface area contributed by atoms with Gasteiger partial charge in [0.05, 0.1) is 11.1 Å². The van der Waals surface area contributed by atoms with E-state index in [1.807, 2.05) is 12.1 Å². The standard InChI is InChI=1S/C22H27N5O3/c28-18-5-4-17(20(29)24-18)27-16-3-1-2-15(19(16)22(6-7-22)21(27)30)26-10-8-25(9-11-26)14-12-23-13-14/h1-3,14,17,23H,4-13H2,(H,24,28,29). The Kier molecular flexibility index (Phi) is 3.98. The van der Waals surface area contributed by atoms with Crippen LogP contribution in [0.3, 0.4) is 0 Å². The number of hydrogen-bond acceptors (Lipinski definition) is 6. The van der Waals surface area contributed by atoms with E-state index in [1.54, 1.807) is 4.90 Å². The molecule has 5 aliphatic rings. The van der Waals surface area contributed by atoms with Crippen LogP contribution in [0, 0.1) is 0 Å². The zero-order valence-corrected chi connectivity index (χ0v) is 17.0. The van der Waals surface area contributed by atoms with Gasteiger partial charge in [-0.1, -0.05) is 6.07 Å². The third-order valence-corrected chi connectivity index (χ3v) is 7.59. The first-order valence-corrected chi connectivity index (χ1v) is 11.1. The highest BCUT2D eigenvalue weighted by molar-refractivity contribution is 6.16. The summed E-state index contributed by atoms with van der Waals surface area (Å²) in [6.45, 7) is 6.14. The van der Waals surface area contributed by atoms with E-state index < -0.39 is 11.5 Å². The van der Waals surface area contributed by atoms with E-state index in [2.05, 4.69) is 26.5 Å². The molecule has 0 aromatic heterocycles. The normalized spacial score (nSPS) is 28.5. The highest BCUT2D eigenvalue weighted by Crippen LogP contribution is 2.60. The minimum atomic E-state index is -0.591. The molecule has 0 bridgehead atoms. The molecule has 1 aromatic carbocycles. The van der Waals surface area contributed by atoms with Gasteiger partial charge < -0.3 is 10.2 Å². The van der Waals surface area contributed by atoms with Crippen molar-refractivity contribution in [3.05, 3.63) is 23.8 Å². The van der Waals surface area contributed by atoms with Crippen LogP contribution in [0.1, 0.15) is 31.2 Å². The lowest BCUT2D eigenvalue weighted by Crippen LogP contribution is -2.61. The maximum absolute atomic E-state index is 13.5. The van der Waals surface area contributed by atoms with Crippen LogP contribution in [0.5, 0.6) is 0 Å². The molecule has 1 aliphatic carbocycles. The number of hydrogen-bond donors (Lipinski definition) is 2. The van der Waals surface area contributed by atoms with Gasteiger partial charge in [0.25, 0.3) is 0 Å². The average molecular weight is 409 g/mol. The van der Waals surface area contributed by atoms with Gasteiger partial charge in [-0.3, -0.25) is 29.5 Å². The van der Waals surface area contributed by atoms with Crippen LogP contribution < -0.4 is 20.4 Å². The molecule has 1 saturated carbocycles. The predicted molar refractivity (Wildman–Crippen MR) is 111 cm³/mol. The zero-order valence-electron chi connectivity index (χ0n) is 17.0. The number of piperazine rings is 1. The first-order chi connectivity index (χ1) is 14.6. The Bertz CT molecular complexity index is 931. The summed E-state index contributed by atoms with van der Waals surface area (Å²) in [6.07, 6.45) is 2.35. The Labute approximate surface area is 175 Å². The monoisotopic (exact) mass is 409 g/mol. The topological polar surface area (TPSA) is 85.0 Å². The molecule has 30 heavy (non-hydrogen) atoms. The smallest absolute Gasteiger partial charge is 0.249 e. The highest BCUT2D eigenvalue weighted by atomic mass is 16.2. The summed E-state index contributed by atoms with van der Waals surface area (Å²) in [4.78, 5) is 44.4. The van der Waals surface area contributed by atoms with Crippen molar-refractivity contribution in [3.63, 3.8) is 0 Å². The van der Waals surface area contributed by atoms with Gasteiger partial charge in [0.15, 0.2) is 0 Å². The van der Waals surface area contributed by atoms with Crippen molar-refractivity contribution < 1.29 is 14.4 Å². The van der Waals surface area contributed by atoms with E-state index in [-0.39, 0.29) is 24.1 Å². The molecule has 8 nitrogen and oxygen atoms in total. The van der Waals surface area contributed by atoms with E-state index in [0.29, 0.717) is 12.5 Å². The van der Waals surface area contributed by atoms with Crippen LogP contribution in [0.2, 0.25) is 0 Å². The summed E-state index contributed by atoms with van der Waals surface area (Å²) in [6, 6.07) is 6.19. The third-order valence-electron chi connectivity index (χ3n) is 7.59. The summed E-state index contributed by atoms with van der Waals surface area (Å²) >= 11 is 0. The second-order valence-corrected chi connectivity index (χ2v) is 9.23. The van der Waals surface area contributed by atoms with Crippen molar-refractivity contribution in [1.82, 2.24) is 15.5 Å². The summed E-state index contributed by atoms with van der Waals surface area (Å²) in [5.41, 5.74) is 2.66. The van der Waals surface area contributed by atoms with Crippen LogP contribution in [-0.4, -0.2) is 74.0 Å². The summed E-state index contributed by atoms with van der Waals surface area (Å²) in [5, 5.41) is 5.77. The van der Waals surface area contributed by atoms with Crippen LogP contribution in [-0.2, 0) is 19.8 Å². The molecule has 3 saturated heterocycles. The Morgan fingerprint density at radius 1 is 0.967 bits per heavy atom. The minimum absolute atomic E-state index is 0.0404. The molecule has 4 fully saturated rings. The molecule has 1 atom stereocenters. The van der Waals surface area contributed by atoms with Gasteiger partial charge in [-0.25, -0.2) is 0 Å². The molecular weight excluding hydrogens is 382 g/mol. The lowest BCUT2D eigenvalue weighted by molar-refractivity contribution is -0.135. The lowest BCUT2D eigenvalue weighted by atomic mass is 9.95. The highest BCUT2D eigenvalue weighted by Gasteiger charge is 2.62. The zero-order chi connectivity index (χ0) is 20.5. The van der Waals surface area contributed by atoms with Crippen molar-refractivity contribution in [3.8, 4) is 0 Å². The third kappa shape index (κ3) is 2.56. The number of nitrogens with zero attached hydrogens (tertiary/aromatic N) is 3. The molecule has 1 unspecified atom stereocenters. The number of nitrogens with one attached hydrogen (secondary N) is 2. The van der Waals surface area contributed by atoms with Crippen LogP contribution in [0.4, 0.5) is 11.4 Å². The van der Waals surface area contributed by atoms with Crippen LogP contribution in [0.15, 0.2) is 18.2 Å². The van der Waals surface area contributed by atoms with Crippen molar-refractivity contribution in [2.24, 2.45) is 0 Å². The Balaban J connectivity index is 1.32. The largest absolute Gasteiger partial charge is 0.369 e. The lowest BCUT2D eigenvalue weighted by Gasteiger charge is -2.44. The number of anilines is 2. The van der Waals surface area contributed by atoms with Gasteiger partial charge in [0, 0.05) is 63.0 Å². The molecule has 0 radical (unpaired) electrons. The summed E-state index contributed by atoms with van der Waals surface area (Å²) in [5.74, 6) is -0.562. The fraction of sp³-hybridized carbons (Fsp3) is 0.591. The molecule has 4 aliphatic heterocycles. The number of fused-ring (bicyclic) bond motifs is 2. The SMILES string of the molecule is O=C1CCC(N2C(=O)C3(CC3)c3c(N4CCN(C5CNC5)CC4)cccc32)C(=O)N1. The Morgan fingerprint density at radius 2 is 1.70 bits per heavy atom. The van der Waals surface area contributed by atoms with Crippen molar-refractivity contribution in [1.29, 1.82) is 0 Å². The predicted octanol–water partition coefficient (Wildman–Crippen LogP) is -0.0362. The molecule has 3 amide bonds. The summed E-state index contributed by atoms with van der Waals surface area (Å²) < 4.78 is 0. The molecule has 1 spiro atoms. The molecule has 1 aromatic rings.